The topological polar surface area (TPSA) is 71.1 Å². The van der Waals surface area contributed by atoms with Gasteiger partial charge in [-0.1, -0.05) is 42.5 Å². The molecule has 182 valence electrons. The second-order valence-corrected chi connectivity index (χ2v) is 8.45. The third kappa shape index (κ3) is 7.07. The van der Waals surface area contributed by atoms with Gasteiger partial charge in [-0.2, -0.15) is 0 Å². The molecular weight excluding hydrogens is 442 g/mol. The molecule has 7 nitrogen and oxygen atoms in total. The van der Waals surface area contributed by atoms with Crippen molar-refractivity contribution in [2.24, 2.45) is 0 Å². The second-order valence-electron chi connectivity index (χ2n) is 8.45. The first-order chi connectivity index (χ1) is 17.1. The molecule has 4 rings (SSSR count). The van der Waals surface area contributed by atoms with Gasteiger partial charge in [0.05, 0.1) is 26.7 Å². The van der Waals surface area contributed by atoms with E-state index in [1.807, 2.05) is 78.9 Å². The first-order valence-electron chi connectivity index (χ1n) is 11.8. The highest BCUT2D eigenvalue weighted by molar-refractivity contribution is 5.95. The van der Waals surface area contributed by atoms with Gasteiger partial charge in [-0.05, 0) is 47.5 Å². The summed E-state index contributed by atoms with van der Waals surface area (Å²) in [6.07, 6.45) is 0.235. The van der Waals surface area contributed by atoms with Crippen LogP contribution >= 0.6 is 0 Å². The number of hydrogen-bond acceptors (Lipinski definition) is 5. The smallest absolute Gasteiger partial charge is 0.244 e. The summed E-state index contributed by atoms with van der Waals surface area (Å²) in [7, 11) is 1.61. The molecule has 1 aliphatic rings. The van der Waals surface area contributed by atoms with E-state index in [1.54, 1.807) is 12.0 Å². The first-order valence-corrected chi connectivity index (χ1v) is 11.8. The Morgan fingerprint density at radius 1 is 0.914 bits per heavy atom. The highest BCUT2D eigenvalue weighted by Gasteiger charge is 2.19. The molecule has 0 radical (unpaired) electrons. The molecule has 1 saturated heterocycles. The molecule has 3 aromatic carbocycles. The zero-order chi connectivity index (χ0) is 24.5. The lowest BCUT2D eigenvalue weighted by atomic mass is 10.1. The van der Waals surface area contributed by atoms with Crippen molar-refractivity contribution in [1.29, 1.82) is 0 Å². The molecule has 2 amide bonds. The second kappa shape index (κ2) is 12.0. The Morgan fingerprint density at radius 2 is 1.60 bits per heavy atom. The van der Waals surface area contributed by atoms with E-state index in [4.69, 9.17) is 9.47 Å². The van der Waals surface area contributed by atoms with Crippen molar-refractivity contribution in [3.05, 3.63) is 90.0 Å². The Kier molecular flexibility index (Phi) is 8.35. The first kappa shape index (κ1) is 24.3. The lowest BCUT2D eigenvalue weighted by molar-refractivity contribution is -0.134. The number of rotatable bonds is 9. The van der Waals surface area contributed by atoms with Crippen LogP contribution in [-0.2, 0) is 27.3 Å². The molecule has 0 aromatic heterocycles. The Bertz CT molecular complexity index is 1100. The Balaban J connectivity index is 1.41. The molecular formula is C28H31N3O4. The van der Waals surface area contributed by atoms with Crippen LogP contribution in [0.1, 0.15) is 11.1 Å². The normalized spacial score (nSPS) is 13.2. The molecule has 7 heteroatoms. The standard InChI is InChI=1S/C28H31N3O4/c1-34-26-13-7-23(8-14-26)20-31(28(33)19-22-5-3-2-4-6-22)21-27(32)29-24-9-11-25(12-10-24)30-15-17-35-18-16-30/h2-14H,15-21H2,1H3,(H,29,32). The number of benzene rings is 3. The molecule has 0 spiro atoms. The van der Waals surface area contributed by atoms with Crippen LogP contribution in [0.3, 0.4) is 0 Å². The van der Waals surface area contributed by atoms with E-state index in [0.717, 1.165) is 48.9 Å². The largest absolute Gasteiger partial charge is 0.497 e. The molecule has 1 heterocycles. The van der Waals surface area contributed by atoms with E-state index in [-0.39, 0.29) is 24.8 Å². The van der Waals surface area contributed by atoms with Gasteiger partial charge in [0, 0.05) is 31.0 Å². The van der Waals surface area contributed by atoms with E-state index in [1.165, 1.54) is 0 Å². The van der Waals surface area contributed by atoms with Crippen molar-refractivity contribution in [2.75, 3.05) is 50.2 Å². The average Bonchev–Trinajstić information content (AvgIpc) is 2.90. The van der Waals surface area contributed by atoms with E-state index in [0.29, 0.717) is 12.2 Å². The van der Waals surface area contributed by atoms with Crippen molar-refractivity contribution >= 4 is 23.2 Å². The zero-order valence-electron chi connectivity index (χ0n) is 20.0. The molecule has 1 aliphatic heterocycles. The monoisotopic (exact) mass is 473 g/mol. The van der Waals surface area contributed by atoms with Crippen molar-refractivity contribution in [1.82, 2.24) is 4.90 Å². The summed E-state index contributed by atoms with van der Waals surface area (Å²) >= 11 is 0. The van der Waals surface area contributed by atoms with E-state index in [2.05, 4.69) is 10.2 Å². The number of anilines is 2. The summed E-state index contributed by atoms with van der Waals surface area (Å²) in [6.45, 7) is 3.45. The van der Waals surface area contributed by atoms with Gasteiger partial charge in [-0.3, -0.25) is 9.59 Å². The Hall–Kier alpha value is -3.84. The lowest BCUT2D eigenvalue weighted by Crippen LogP contribution is -2.38. The number of methoxy groups -OCH3 is 1. The van der Waals surface area contributed by atoms with Gasteiger partial charge in [0.15, 0.2) is 0 Å². The van der Waals surface area contributed by atoms with Crippen LogP contribution in [0.5, 0.6) is 5.75 Å². The maximum Gasteiger partial charge on any atom is 0.244 e. The zero-order valence-corrected chi connectivity index (χ0v) is 20.0. The number of hydrogen-bond donors (Lipinski definition) is 1. The minimum Gasteiger partial charge on any atom is -0.497 e. The maximum atomic E-state index is 13.2. The number of amides is 2. The SMILES string of the molecule is COc1ccc(CN(CC(=O)Nc2ccc(N3CCOCC3)cc2)C(=O)Cc2ccccc2)cc1. The van der Waals surface area contributed by atoms with Gasteiger partial charge >= 0.3 is 0 Å². The number of carbonyl (C=O) groups is 2. The van der Waals surface area contributed by atoms with Crippen LogP contribution in [0.25, 0.3) is 0 Å². The molecule has 0 bridgehead atoms. The van der Waals surface area contributed by atoms with Crippen LogP contribution in [-0.4, -0.2) is 56.7 Å². The molecule has 1 fully saturated rings. The number of morpholine rings is 1. The fraction of sp³-hybridized carbons (Fsp3) is 0.286. The number of carbonyl (C=O) groups excluding carboxylic acids is 2. The quantitative estimate of drug-likeness (QED) is 0.513. The van der Waals surface area contributed by atoms with Crippen molar-refractivity contribution in [3.63, 3.8) is 0 Å². The summed E-state index contributed by atoms with van der Waals surface area (Å²) in [5.41, 5.74) is 3.64. The van der Waals surface area contributed by atoms with Crippen LogP contribution < -0.4 is 15.0 Å². The highest BCUT2D eigenvalue weighted by Crippen LogP contribution is 2.19. The Morgan fingerprint density at radius 3 is 2.26 bits per heavy atom. The van der Waals surface area contributed by atoms with Gasteiger partial charge in [-0.15, -0.1) is 0 Å². The number of nitrogens with zero attached hydrogens (tertiary/aromatic N) is 2. The van der Waals surface area contributed by atoms with Gasteiger partial charge in [0.2, 0.25) is 11.8 Å². The minimum atomic E-state index is -0.237. The summed E-state index contributed by atoms with van der Waals surface area (Å²) in [5.74, 6) is 0.401. The Labute approximate surface area is 206 Å². The minimum absolute atomic E-state index is 0.0388. The van der Waals surface area contributed by atoms with Crippen molar-refractivity contribution in [3.8, 4) is 5.75 Å². The van der Waals surface area contributed by atoms with Crippen LogP contribution in [0.4, 0.5) is 11.4 Å². The van der Waals surface area contributed by atoms with Gasteiger partial charge in [0.1, 0.15) is 12.3 Å². The maximum absolute atomic E-state index is 13.2. The van der Waals surface area contributed by atoms with E-state index < -0.39 is 0 Å². The predicted octanol–water partition coefficient (Wildman–Crippen LogP) is 3.74. The lowest BCUT2D eigenvalue weighted by Gasteiger charge is -2.29. The summed E-state index contributed by atoms with van der Waals surface area (Å²) in [4.78, 5) is 29.9. The molecule has 1 N–H and O–H groups in total. The number of nitrogens with one attached hydrogen (secondary N) is 1. The molecule has 0 atom stereocenters. The van der Waals surface area contributed by atoms with Crippen LogP contribution in [0.15, 0.2) is 78.9 Å². The van der Waals surface area contributed by atoms with Gasteiger partial charge in [-0.25, -0.2) is 0 Å². The molecule has 3 aromatic rings. The highest BCUT2D eigenvalue weighted by atomic mass is 16.5. The fourth-order valence-electron chi connectivity index (χ4n) is 4.02. The van der Waals surface area contributed by atoms with Crippen LogP contribution in [0, 0.1) is 0 Å². The summed E-state index contributed by atoms with van der Waals surface area (Å²) < 4.78 is 10.6. The molecule has 0 aliphatic carbocycles. The van der Waals surface area contributed by atoms with Crippen molar-refractivity contribution in [2.45, 2.75) is 13.0 Å². The third-order valence-electron chi connectivity index (χ3n) is 5.95. The predicted molar refractivity (Wildman–Crippen MR) is 137 cm³/mol. The average molecular weight is 474 g/mol. The van der Waals surface area contributed by atoms with Gasteiger partial charge in [0.25, 0.3) is 0 Å². The molecule has 0 saturated carbocycles. The fourth-order valence-corrected chi connectivity index (χ4v) is 4.02. The van der Waals surface area contributed by atoms with Crippen LogP contribution in [0.2, 0.25) is 0 Å². The third-order valence-corrected chi connectivity index (χ3v) is 5.95. The number of ether oxygens (including phenoxy) is 2. The summed E-state index contributed by atoms with van der Waals surface area (Å²) in [5, 5.41) is 2.93. The molecule has 0 unspecified atom stereocenters. The van der Waals surface area contributed by atoms with E-state index in [9.17, 15) is 9.59 Å². The van der Waals surface area contributed by atoms with Gasteiger partial charge < -0.3 is 24.6 Å². The molecule has 35 heavy (non-hydrogen) atoms. The van der Waals surface area contributed by atoms with E-state index >= 15 is 0 Å². The van der Waals surface area contributed by atoms with Crippen molar-refractivity contribution < 1.29 is 19.1 Å². The summed E-state index contributed by atoms with van der Waals surface area (Å²) in [6, 6.07) is 24.9.